The zero-order valence-electron chi connectivity index (χ0n) is 14.6. The Morgan fingerprint density at radius 3 is 2.75 bits per heavy atom. The van der Waals surface area contributed by atoms with Gasteiger partial charge in [-0.2, -0.15) is 0 Å². The van der Waals surface area contributed by atoms with Gasteiger partial charge in [0.2, 0.25) is 11.8 Å². The first-order valence-corrected chi connectivity index (χ1v) is 8.31. The second kappa shape index (κ2) is 8.57. The van der Waals surface area contributed by atoms with Gasteiger partial charge in [-0.05, 0) is 43.5 Å². The first kappa shape index (κ1) is 18.1. The zero-order chi connectivity index (χ0) is 17.5. The molecule has 1 aromatic rings. The van der Waals surface area contributed by atoms with Crippen molar-refractivity contribution in [1.82, 2.24) is 10.2 Å². The SMILES string of the molecule is COc1ccc(OC)c(CCC(=O)NC(C)CN2CCCC2=O)c1. The Kier molecular flexibility index (Phi) is 6.46. The summed E-state index contributed by atoms with van der Waals surface area (Å²) in [6.45, 7) is 3.29. The summed E-state index contributed by atoms with van der Waals surface area (Å²) in [5.74, 6) is 1.64. The number of benzene rings is 1. The highest BCUT2D eigenvalue weighted by molar-refractivity contribution is 5.79. The molecule has 24 heavy (non-hydrogen) atoms. The molecule has 1 atom stereocenters. The second-order valence-corrected chi connectivity index (χ2v) is 6.09. The lowest BCUT2D eigenvalue weighted by Gasteiger charge is -2.21. The standard InChI is InChI=1S/C18H26N2O4/c1-13(12-20-10-4-5-18(20)22)19-17(21)9-6-14-11-15(23-2)7-8-16(14)24-3/h7-8,11,13H,4-6,9-10,12H2,1-3H3,(H,19,21). The van der Waals surface area contributed by atoms with E-state index in [0.717, 1.165) is 30.0 Å². The number of amides is 2. The van der Waals surface area contributed by atoms with Crippen molar-refractivity contribution in [3.63, 3.8) is 0 Å². The van der Waals surface area contributed by atoms with Crippen LogP contribution in [0.25, 0.3) is 0 Å². The predicted octanol–water partition coefficient (Wildman–Crippen LogP) is 1.76. The van der Waals surface area contributed by atoms with Gasteiger partial charge in [-0.15, -0.1) is 0 Å². The fourth-order valence-electron chi connectivity index (χ4n) is 2.95. The van der Waals surface area contributed by atoms with Crippen molar-refractivity contribution < 1.29 is 19.1 Å². The molecular weight excluding hydrogens is 308 g/mol. The first-order valence-electron chi connectivity index (χ1n) is 8.31. The molecule has 0 aromatic heterocycles. The van der Waals surface area contributed by atoms with Crippen LogP contribution in [0.4, 0.5) is 0 Å². The molecule has 1 saturated heterocycles. The van der Waals surface area contributed by atoms with Gasteiger partial charge >= 0.3 is 0 Å². The van der Waals surface area contributed by atoms with Crippen LogP contribution in [0.5, 0.6) is 11.5 Å². The van der Waals surface area contributed by atoms with Crippen LogP contribution in [0.1, 0.15) is 31.7 Å². The Morgan fingerprint density at radius 2 is 2.12 bits per heavy atom. The summed E-state index contributed by atoms with van der Waals surface area (Å²) in [7, 11) is 3.22. The lowest BCUT2D eigenvalue weighted by atomic mass is 10.1. The van der Waals surface area contributed by atoms with E-state index < -0.39 is 0 Å². The molecule has 1 unspecified atom stereocenters. The normalized spacial score (nSPS) is 15.3. The van der Waals surface area contributed by atoms with Gasteiger partial charge in [0.15, 0.2) is 0 Å². The molecule has 1 heterocycles. The Labute approximate surface area is 143 Å². The molecule has 0 spiro atoms. The quantitative estimate of drug-likeness (QED) is 0.787. The van der Waals surface area contributed by atoms with E-state index in [4.69, 9.17) is 9.47 Å². The Bertz CT molecular complexity index is 588. The first-order chi connectivity index (χ1) is 11.5. The van der Waals surface area contributed by atoms with Gasteiger partial charge in [-0.25, -0.2) is 0 Å². The van der Waals surface area contributed by atoms with Gasteiger partial charge in [-0.1, -0.05) is 0 Å². The molecule has 2 rings (SSSR count). The monoisotopic (exact) mass is 334 g/mol. The molecule has 0 saturated carbocycles. The Balaban J connectivity index is 1.83. The van der Waals surface area contributed by atoms with E-state index in [9.17, 15) is 9.59 Å². The molecule has 2 amide bonds. The molecule has 0 bridgehead atoms. The van der Waals surface area contributed by atoms with Crippen molar-refractivity contribution in [3.05, 3.63) is 23.8 Å². The molecule has 1 aliphatic rings. The third-order valence-corrected chi connectivity index (χ3v) is 4.18. The van der Waals surface area contributed by atoms with Gasteiger partial charge < -0.3 is 19.7 Å². The third kappa shape index (κ3) is 4.88. The molecule has 1 aromatic carbocycles. The minimum atomic E-state index is -0.0493. The summed E-state index contributed by atoms with van der Waals surface area (Å²) in [6.07, 6.45) is 2.47. The fraction of sp³-hybridized carbons (Fsp3) is 0.556. The molecule has 1 aliphatic heterocycles. The molecular formula is C18H26N2O4. The number of hydrogen-bond donors (Lipinski definition) is 1. The lowest BCUT2D eigenvalue weighted by molar-refractivity contribution is -0.129. The maximum Gasteiger partial charge on any atom is 0.222 e. The van der Waals surface area contributed by atoms with Crippen LogP contribution in [0, 0.1) is 0 Å². The van der Waals surface area contributed by atoms with E-state index >= 15 is 0 Å². The molecule has 1 fully saturated rings. The van der Waals surface area contributed by atoms with Crippen molar-refractivity contribution in [2.24, 2.45) is 0 Å². The summed E-state index contributed by atoms with van der Waals surface area (Å²) in [5, 5.41) is 2.96. The average Bonchev–Trinajstić information content (AvgIpc) is 2.97. The summed E-state index contributed by atoms with van der Waals surface area (Å²) in [4.78, 5) is 25.6. The highest BCUT2D eigenvalue weighted by atomic mass is 16.5. The number of nitrogens with one attached hydrogen (secondary N) is 1. The highest BCUT2D eigenvalue weighted by Crippen LogP contribution is 2.25. The summed E-state index contributed by atoms with van der Waals surface area (Å²) < 4.78 is 10.5. The number of nitrogens with zero attached hydrogens (tertiary/aromatic N) is 1. The van der Waals surface area contributed by atoms with Crippen molar-refractivity contribution in [2.75, 3.05) is 27.3 Å². The molecule has 132 valence electrons. The molecule has 6 nitrogen and oxygen atoms in total. The van der Waals surface area contributed by atoms with E-state index in [1.165, 1.54) is 0 Å². The number of hydrogen-bond acceptors (Lipinski definition) is 4. The van der Waals surface area contributed by atoms with Gasteiger partial charge in [0, 0.05) is 32.0 Å². The van der Waals surface area contributed by atoms with E-state index in [1.54, 1.807) is 14.2 Å². The smallest absolute Gasteiger partial charge is 0.222 e. The van der Waals surface area contributed by atoms with Crippen LogP contribution in [0.15, 0.2) is 18.2 Å². The number of likely N-dealkylation sites (tertiary alicyclic amines) is 1. The molecule has 0 radical (unpaired) electrons. The lowest BCUT2D eigenvalue weighted by Crippen LogP contribution is -2.42. The Hall–Kier alpha value is -2.24. The fourth-order valence-corrected chi connectivity index (χ4v) is 2.95. The number of rotatable bonds is 8. The van der Waals surface area contributed by atoms with E-state index in [-0.39, 0.29) is 17.9 Å². The van der Waals surface area contributed by atoms with Crippen molar-refractivity contribution in [3.8, 4) is 11.5 Å². The van der Waals surface area contributed by atoms with Crippen LogP contribution in [0.2, 0.25) is 0 Å². The number of carbonyl (C=O) groups excluding carboxylic acids is 2. The zero-order valence-corrected chi connectivity index (χ0v) is 14.6. The van der Waals surface area contributed by atoms with Gasteiger partial charge in [-0.3, -0.25) is 9.59 Å². The summed E-state index contributed by atoms with van der Waals surface area (Å²) in [5.41, 5.74) is 0.939. The second-order valence-electron chi connectivity index (χ2n) is 6.09. The molecule has 6 heteroatoms. The number of ether oxygens (including phenoxy) is 2. The number of methoxy groups -OCH3 is 2. The maximum atomic E-state index is 12.1. The van der Waals surface area contributed by atoms with E-state index in [2.05, 4.69) is 5.32 Å². The minimum absolute atomic E-state index is 0.0287. The summed E-state index contributed by atoms with van der Waals surface area (Å²) >= 11 is 0. The predicted molar refractivity (Wildman–Crippen MR) is 91.3 cm³/mol. The summed E-state index contributed by atoms with van der Waals surface area (Å²) in [6, 6.07) is 5.51. The van der Waals surface area contributed by atoms with E-state index in [1.807, 2.05) is 30.0 Å². The highest BCUT2D eigenvalue weighted by Gasteiger charge is 2.22. The van der Waals surface area contributed by atoms with Gasteiger partial charge in [0.05, 0.1) is 14.2 Å². The largest absolute Gasteiger partial charge is 0.497 e. The third-order valence-electron chi connectivity index (χ3n) is 4.18. The van der Waals surface area contributed by atoms with Crippen molar-refractivity contribution in [1.29, 1.82) is 0 Å². The topological polar surface area (TPSA) is 67.9 Å². The van der Waals surface area contributed by atoms with Crippen LogP contribution in [-0.2, 0) is 16.0 Å². The Morgan fingerprint density at radius 1 is 1.33 bits per heavy atom. The van der Waals surface area contributed by atoms with Crippen molar-refractivity contribution >= 4 is 11.8 Å². The van der Waals surface area contributed by atoms with Gasteiger partial charge in [0.1, 0.15) is 11.5 Å². The van der Waals surface area contributed by atoms with Crippen LogP contribution in [0.3, 0.4) is 0 Å². The van der Waals surface area contributed by atoms with Crippen LogP contribution in [-0.4, -0.2) is 50.1 Å². The van der Waals surface area contributed by atoms with Gasteiger partial charge in [0.25, 0.3) is 0 Å². The van der Waals surface area contributed by atoms with Crippen LogP contribution < -0.4 is 14.8 Å². The molecule has 1 N–H and O–H groups in total. The van der Waals surface area contributed by atoms with Crippen LogP contribution >= 0.6 is 0 Å². The average molecular weight is 334 g/mol. The van der Waals surface area contributed by atoms with E-state index in [0.29, 0.717) is 25.8 Å². The molecule has 0 aliphatic carbocycles. The van der Waals surface area contributed by atoms with Crippen molar-refractivity contribution in [2.45, 2.75) is 38.6 Å². The number of carbonyl (C=O) groups is 2. The number of aryl methyl sites for hydroxylation is 1. The minimum Gasteiger partial charge on any atom is -0.497 e. The maximum absolute atomic E-state index is 12.1.